The molecular weight excluding hydrogens is 411 g/mol. The summed E-state index contributed by atoms with van der Waals surface area (Å²) in [7, 11) is 0. The van der Waals surface area contributed by atoms with Crippen molar-refractivity contribution in [2.75, 3.05) is 5.32 Å². The predicted octanol–water partition coefficient (Wildman–Crippen LogP) is 3.57. The maximum absolute atomic E-state index is 14.4. The summed E-state index contributed by atoms with van der Waals surface area (Å²) in [6.07, 6.45) is 7.63. The van der Waals surface area contributed by atoms with Crippen LogP contribution in [0.5, 0.6) is 0 Å². The zero-order valence-corrected chi connectivity index (χ0v) is 17.7. The molecule has 0 aliphatic heterocycles. The highest BCUT2D eigenvalue weighted by molar-refractivity contribution is 6.05. The fraction of sp³-hybridized carbons (Fsp3) is 0.273. The first-order chi connectivity index (χ1) is 15.4. The summed E-state index contributed by atoms with van der Waals surface area (Å²) < 4.78 is 16.0. The molecule has 0 unspecified atom stereocenters. The minimum atomic E-state index is -0.542. The van der Waals surface area contributed by atoms with E-state index in [1.165, 1.54) is 17.0 Å². The summed E-state index contributed by atoms with van der Waals surface area (Å²) in [6.45, 7) is 3.70. The number of carbonyl (C=O) groups is 1. The molecule has 3 aromatic rings. The van der Waals surface area contributed by atoms with Gasteiger partial charge in [-0.25, -0.2) is 19.3 Å². The molecule has 0 radical (unpaired) electrons. The third kappa shape index (κ3) is 4.39. The number of anilines is 1. The minimum absolute atomic E-state index is 0.0124. The number of imidazole rings is 1. The lowest BCUT2D eigenvalue weighted by atomic mass is 10.2. The van der Waals surface area contributed by atoms with Crippen LogP contribution in [0.2, 0.25) is 0 Å². The van der Waals surface area contributed by atoms with Gasteiger partial charge in [0, 0.05) is 24.2 Å². The molecule has 9 nitrogen and oxygen atoms in total. The standard InChI is InChI=1S/C22H23FN8O/c1-13(2)31(11-24)21(25)16-4-3-5-17(28-16)22(32)29-20-8-19(15(23)9-26-20)30-10-18(27-12-30)14-6-7-14/h3-5,8-14,24-25H,6-7H2,1-2H3,(H,26,29,32). The summed E-state index contributed by atoms with van der Waals surface area (Å²) in [5.74, 6) is -0.453. The van der Waals surface area contributed by atoms with Gasteiger partial charge >= 0.3 is 0 Å². The molecule has 1 amide bonds. The number of amides is 1. The van der Waals surface area contributed by atoms with Crippen molar-refractivity contribution in [1.29, 1.82) is 10.8 Å². The van der Waals surface area contributed by atoms with E-state index in [0.717, 1.165) is 31.1 Å². The molecule has 1 saturated carbocycles. The third-order valence-electron chi connectivity index (χ3n) is 5.13. The van der Waals surface area contributed by atoms with Gasteiger partial charge < -0.3 is 14.8 Å². The molecule has 3 N–H and O–H groups in total. The van der Waals surface area contributed by atoms with E-state index in [1.54, 1.807) is 29.2 Å². The maximum Gasteiger partial charge on any atom is 0.275 e. The van der Waals surface area contributed by atoms with E-state index < -0.39 is 11.7 Å². The van der Waals surface area contributed by atoms with Crippen LogP contribution >= 0.6 is 0 Å². The number of halogens is 1. The molecule has 0 bridgehead atoms. The Labute approximate surface area is 184 Å². The Morgan fingerprint density at radius 3 is 2.75 bits per heavy atom. The molecule has 4 rings (SSSR count). The molecule has 0 saturated heterocycles. The SMILES string of the molecule is CC(C)N(C=N)C(=N)c1cccc(C(=O)Nc2cc(-n3cnc(C4CC4)c3)c(F)cn2)n1. The zero-order valence-electron chi connectivity index (χ0n) is 17.7. The van der Waals surface area contributed by atoms with Gasteiger partial charge in [-0.05, 0) is 38.8 Å². The molecule has 1 aliphatic rings. The van der Waals surface area contributed by atoms with Crippen LogP contribution in [0, 0.1) is 16.6 Å². The van der Waals surface area contributed by atoms with Crippen molar-refractivity contribution in [3.8, 4) is 5.69 Å². The lowest BCUT2D eigenvalue weighted by molar-refractivity contribution is 0.102. The Morgan fingerprint density at radius 2 is 2.06 bits per heavy atom. The summed E-state index contributed by atoms with van der Waals surface area (Å²) >= 11 is 0. The topological polar surface area (TPSA) is 124 Å². The van der Waals surface area contributed by atoms with Crippen molar-refractivity contribution in [2.24, 2.45) is 0 Å². The van der Waals surface area contributed by atoms with Gasteiger partial charge in [0.1, 0.15) is 17.2 Å². The summed E-state index contributed by atoms with van der Waals surface area (Å²) in [5, 5.41) is 18.4. The second-order valence-corrected chi connectivity index (χ2v) is 7.84. The lowest BCUT2D eigenvalue weighted by Gasteiger charge is -2.23. The molecular formula is C22H23FN8O. The highest BCUT2D eigenvalue weighted by Gasteiger charge is 2.26. The van der Waals surface area contributed by atoms with E-state index in [0.29, 0.717) is 5.92 Å². The Bertz CT molecular complexity index is 1180. The van der Waals surface area contributed by atoms with Gasteiger partial charge in [-0.3, -0.25) is 15.6 Å². The summed E-state index contributed by atoms with van der Waals surface area (Å²) in [5.41, 5.74) is 1.49. The lowest BCUT2D eigenvalue weighted by Crippen LogP contribution is -2.36. The van der Waals surface area contributed by atoms with E-state index in [-0.39, 0.29) is 34.8 Å². The van der Waals surface area contributed by atoms with Crippen LogP contribution in [0.15, 0.2) is 43.0 Å². The Kier molecular flexibility index (Phi) is 5.76. The Morgan fingerprint density at radius 1 is 1.31 bits per heavy atom. The van der Waals surface area contributed by atoms with Crippen LogP contribution in [0.1, 0.15) is 54.5 Å². The number of carbonyl (C=O) groups excluding carboxylic acids is 1. The van der Waals surface area contributed by atoms with Crippen LogP contribution in [-0.4, -0.2) is 48.5 Å². The molecule has 164 valence electrons. The zero-order chi connectivity index (χ0) is 22.8. The minimum Gasteiger partial charge on any atom is -0.314 e. The molecule has 1 fully saturated rings. The van der Waals surface area contributed by atoms with E-state index in [1.807, 2.05) is 13.8 Å². The van der Waals surface area contributed by atoms with Gasteiger partial charge in [-0.15, -0.1) is 0 Å². The quantitative estimate of drug-likeness (QED) is 0.387. The molecule has 10 heteroatoms. The maximum atomic E-state index is 14.4. The number of nitrogens with one attached hydrogen (secondary N) is 3. The second-order valence-electron chi connectivity index (χ2n) is 7.84. The van der Waals surface area contributed by atoms with E-state index in [9.17, 15) is 9.18 Å². The van der Waals surface area contributed by atoms with Crippen LogP contribution in [0.3, 0.4) is 0 Å². The number of rotatable bonds is 7. The van der Waals surface area contributed by atoms with Gasteiger partial charge in [0.15, 0.2) is 11.7 Å². The number of aromatic nitrogens is 4. The average molecular weight is 434 g/mol. The normalized spacial score (nSPS) is 13.1. The number of nitrogens with zero attached hydrogens (tertiary/aromatic N) is 5. The molecule has 32 heavy (non-hydrogen) atoms. The first-order valence-electron chi connectivity index (χ1n) is 10.2. The number of hydrogen-bond acceptors (Lipinski definition) is 6. The van der Waals surface area contributed by atoms with E-state index >= 15 is 0 Å². The van der Waals surface area contributed by atoms with Gasteiger partial charge in [0.2, 0.25) is 0 Å². The number of hydrogen-bond donors (Lipinski definition) is 3. The highest BCUT2D eigenvalue weighted by atomic mass is 19.1. The molecule has 0 aromatic carbocycles. The third-order valence-corrected chi connectivity index (χ3v) is 5.13. The smallest absolute Gasteiger partial charge is 0.275 e. The van der Waals surface area contributed by atoms with Crippen molar-refractivity contribution in [1.82, 2.24) is 24.4 Å². The van der Waals surface area contributed by atoms with Crippen molar-refractivity contribution < 1.29 is 9.18 Å². The van der Waals surface area contributed by atoms with Crippen molar-refractivity contribution in [3.05, 3.63) is 65.9 Å². The predicted molar refractivity (Wildman–Crippen MR) is 118 cm³/mol. The Hall–Kier alpha value is -3.95. The summed E-state index contributed by atoms with van der Waals surface area (Å²) in [4.78, 5) is 26.7. The van der Waals surface area contributed by atoms with E-state index in [4.69, 9.17) is 10.8 Å². The first-order valence-corrected chi connectivity index (χ1v) is 10.2. The molecule has 1 aliphatic carbocycles. The van der Waals surface area contributed by atoms with Crippen molar-refractivity contribution in [2.45, 2.75) is 38.6 Å². The van der Waals surface area contributed by atoms with Crippen LogP contribution < -0.4 is 5.32 Å². The van der Waals surface area contributed by atoms with Crippen molar-refractivity contribution >= 4 is 23.9 Å². The number of pyridine rings is 2. The molecule has 3 heterocycles. The second kappa shape index (κ2) is 8.66. The first kappa shape index (κ1) is 21.3. The fourth-order valence-corrected chi connectivity index (χ4v) is 3.23. The van der Waals surface area contributed by atoms with Crippen LogP contribution in [-0.2, 0) is 0 Å². The van der Waals surface area contributed by atoms with Crippen LogP contribution in [0.4, 0.5) is 10.2 Å². The van der Waals surface area contributed by atoms with Gasteiger partial charge in [-0.1, -0.05) is 6.07 Å². The molecule has 0 spiro atoms. The fourth-order valence-electron chi connectivity index (χ4n) is 3.23. The van der Waals surface area contributed by atoms with Crippen molar-refractivity contribution in [3.63, 3.8) is 0 Å². The van der Waals surface area contributed by atoms with Crippen LogP contribution in [0.25, 0.3) is 5.69 Å². The van der Waals surface area contributed by atoms with Gasteiger partial charge in [-0.2, -0.15) is 0 Å². The monoisotopic (exact) mass is 434 g/mol. The Balaban J connectivity index is 1.54. The van der Waals surface area contributed by atoms with Gasteiger partial charge in [0.25, 0.3) is 5.91 Å². The molecule has 3 aromatic heterocycles. The van der Waals surface area contributed by atoms with Gasteiger partial charge in [0.05, 0.1) is 30.2 Å². The molecule has 0 atom stereocenters. The average Bonchev–Trinajstić information content (AvgIpc) is 3.52. The van der Waals surface area contributed by atoms with E-state index in [2.05, 4.69) is 20.3 Å². The highest BCUT2D eigenvalue weighted by Crippen LogP contribution is 2.39. The number of amidine groups is 1. The largest absolute Gasteiger partial charge is 0.314 e. The summed E-state index contributed by atoms with van der Waals surface area (Å²) in [6, 6.07) is 6.06.